The summed E-state index contributed by atoms with van der Waals surface area (Å²) in [6, 6.07) is 8.77. The highest BCUT2D eigenvalue weighted by atomic mass is 79.9. The topological polar surface area (TPSA) is 36.9 Å². The van der Waals surface area contributed by atoms with Crippen molar-refractivity contribution < 1.29 is 0 Å². The van der Waals surface area contributed by atoms with Crippen LogP contribution in [0.1, 0.15) is 24.4 Å². The molecule has 1 aliphatic rings. The predicted octanol–water partition coefficient (Wildman–Crippen LogP) is 3.67. The van der Waals surface area contributed by atoms with E-state index < -0.39 is 0 Å². The van der Waals surface area contributed by atoms with Gasteiger partial charge in [0.15, 0.2) is 4.77 Å². The van der Waals surface area contributed by atoms with Crippen molar-refractivity contribution in [2.24, 2.45) is 0 Å². The number of nitrogens with one attached hydrogen (secondary N) is 1. The number of aromatic amines is 1. The van der Waals surface area contributed by atoms with Crippen molar-refractivity contribution in [1.82, 2.24) is 14.8 Å². The van der Waals surface area contributed by atoms with Crippen LogP contribution in [0.15, 0.2) is 28.7 Å². The Bertz CT molecular complexity index is 644. The number of halogens is 1. The fourth-order valence-corrected chi connectivity index (χ4v) is 2.87. The normalized spacial score (nSPS) is 14.6. The number of H-pyrrole nitrogens is 1. The minimum Gasteiger partial charge on any atom is -0.340 e. The molecule has 19 heavy (non-hydrogen) atoms. The molecule has 1 aliphatic carbocycles. The van der Waals surface area contributed by atoms with Crippen LogP contribution in [0.5, 0.6) is 0 Å². The van der Waals surface area contributed by atoms with Gasteiger partial charge in [0.1, 0.15) is 0 Å². The van der Waals surface area contributed by atoms with E-state index in [-0.39, 0.29) is 0 Å². The molecule has 4 nitrogen and oxygen atoms in total. The first-order valence-corrected chi connectivity index (χ1v) is 7.48. The quantitative estimate of drug-likeness (QED) is 0.864. The van der Waals surface area contributed by atoms with Gasteiger partial charge in [-0.25, -0.2) is 5.10 Å². The van der Waals surface area contributed by atoms with Gasteiger partial charge < -0.3 is 4.90 Å². The lowest BCUT2D eigenvalue weighted by Crippen LogP contribution is -2.21. The molecular formula is C13H15BrN4S. The van der Waals surface area contributed by atoms with Crippen molar-refractivity contribution in [2.75, 3.05) is 11.9 Å². The largest absolute Gasteiger partial charge is 0.340 e. The molecule has 0 amide bonds. The van der Waals surface area contributed by atoms with Crippen LogP contribution in [0.3, 0.4) is 0 Å². The van der Waals surface area contributed by atoms with Crippen LogP contribution in [0, 0.1) is 4.77 Å². The molecule has 1 aromatic heterocycles. The first-order valence-electron chi connectivity index (χ1n) is 6.28. The average Bonchev–Trinajstić information content (AvgIpc) is 3.15. The third kappa shape index (κ3) is 2.60. The second kappa shape index (κ2) is 5.09. The van der Waals surface area contributed by atoms with E-state index in [4.69, 9.17) is 12.2 Å². The van der Waals surface area contributed by atoms with Crippen molar-refractivity contribution in [3.8, 4) is 0 Å². The Morgan fingerprint density at radius 1 is 1.47 bits per heavy atom. The molecule has 1 heterocycles. The summed E-state index contributed by atoms with van der Waals surface area (Å²) < 4.78 is 3.97. The third-order valence-corrected chi connectivity index (χ3v) is 4.37. The molecular weight excluding hydrogens is 324 g/mol. The van der Waals surface area contributed by atoms with Gasteiger partial charge in [0.2, 0.25) is 5.95 Å². The fraction of sp³-hybridized carbons (Fsp3) is 0.385. The van der Waals surface area contributed by atoms with Gasteiger partial charge in [0.25, 0.3) is 0 Å². The molecule has 0 atom stereocenters. The molecule has 6 heteroatoms. The molecule has 1 fully saturated rings. The van der Waals surface area contributed by atoms with Gasteiger partial charge in [0, 0.05) is 24.1 Å². The maximum atomic E-state index is 5.31. The van der Waals surface area contributed by atoms with E-state index in [1.165, 1.54) is 18.4 Å². The highest BCUT2D eigenvalue weighted by molar-refractivity contribution is 9.10. The van der Waals surface area contributed by atoms with E-state index in [1.54, 1.807) is 0 Å². The lowest BCUT2D eigenvalue weighted by molar-refractivity contribution is 0.700. The summed E-state index contributed by atoms with van der Waals surface area (Å²) >= 11 is 8.89. The van der Waals surface area contributed by atoms with Crippen molar-refractivity contribution in [3.63, 3.8) is 0 Å². The number of anilines is 1. The lowest BCUT2D eigenvalue weighted by atomic mass is 10.2. The Hall–Kier alpha value is -1.14. The summed E-state index contributed by atoms with van der Waals surface area (Å²) in [4.78, 5) is 2.13. The number of benzene rings is 1. The first-order chi connectivity index (χ1) is 9.16. The zero-order valence-corrected chi connectivity index (χ0v) is 13.0. The second-order valence-electron chi connectivity index (χ2n) is 4.88. The van der Waals surface area contributed by atoms with Crippen molar-refractivity contribution in [3.05, 3.63) is 39.1 Å². The highest BCUT2D eigenvalue weighted by Crippen LogP contribution is 2.37. The van der Waals surface area contributed by atoms with Crippen LogP contribution in [0.2, 0.25) is 0 Å². The number of hydrogen-bond donors (Lipinski definition) is 1. The summed E-state index contributed by atoms with van der Waals surface area (Å²) in [6.07, 6.45) is 2.40. The van der Waals surface area contributed by atoms with Crippen molar-refractivity contribution >= 4 is 34.1 Å². The SMILES string of the molecule is CN(Cc1ccccc1Br)c1n[nH]c(=S)n1C1CC1. The summed E-state index contributed by atoms with van der Waals surface area (Å²) in [7, 11) is 2.04. The van der Waals surface area contributed by atoms with Crippen LogP contribution < -0.4 is 4.90 Å². The molecule has 1 saturated carbocycles. The standard InChI is InChI=1S/C13H15BrN4S/c1-17(8-9-4-2-3-5-11(9)14)12-15-16-13(19)18(12)10-6-7-10/h2-5,10H,6-8H2,1H3,(H,16,19). The predicted molar refractivity (Wildman–Crippen MR) is 81.9 cm³/mol. The number of rotatable bonds is 4. The van der Waals surface area contributed by atoms with Crippen molar-refractivity contribution in [1.29, 1.82) is 0 Å². The smallest absolute Gasteiger partial charge is 0.226 e. The van der Waals surface area contributed by atoms with Gasteiger partial charge in [-0.1, -0.05) is 34.1 Å². The van der Waals surface area contributed by atoms with Gasteiger partial charge >= 0.3 is 0 Å². The number of nitrogens with zero attached hydrogens (tertiary/aromatic N) is 3. The number of hydrogen-bond acceptors (Lipinski definition) is 3. The van der Waals surface area contributed by atoms with Crippen LogP contribution in [0.25, 0.3) is 0 Å². The van der Waals surface area contributed by atoms with Gasteiger partial charge in [0.05, 0.1) is 0 Å². The Kier molecular flexibility index (Phi) is 3.45. The maximum Gasteiger partial charge on any atom is 0.226 e. The summed E-state index contributed by atoms with van der Waals surface area (Å²) in [5.41, 5.74) is 1.24. The fourth-order valence-electron chi connectivity index (χ4n) is 2.18. The van der Waals surface area contributed by atoms with Crippen LogP contribution in [-0.2, 0) is 6.54 Å². The number of aromatic nitrogens is 3. The Morgan fingerprint density at radius 3 is 2.89 bits per heavy atom. The van der Waals surface area contributed by atoms with Crippen LogP contribution in [-0.4, -0.2) is 21.8 Å². The molecule has 0 saturated heterocycles. The minimum atomic E-state index is 0.530. The highest BCUT2D eigenvalue weighted by Gasteiger charge is 2.28. The van der Waals surface area contributed by atoms with Gasteiger partial charge in [-0.2, -0.15) is 0 Å². The average molecular weight is 339 g/mol. The maximum absolute atomic E-state index is 5.31. The first kappa shape index (κ1) is 12.9. The Labute approximate surface area is 125 Å². The lowest BCUT2D eigenvalue weighted by Gasteiger charge is -2.19. The van der Waals surface area contributed by atoms with E-state index in [2.05, 4.69) is 47.7 Å². The van der Waals surface area contributed by atoms with Crippen LogP contribution >= 0.6 is 28.1 Å². The van der Waals surface area contributed by atoms with Crippen LogP contribution in [0.4, 0.5) is 5.95 Å². The molecule has 0 radical (unpaired) electrons. The van der Waals surface area contributed by atoms with Gasteiger partial charge in [-0.05, 0) is 36.7 Å². The Morgan fingerprint density at radius 2 is 2.21 bits per heavy atom. The molecule has 2 aromatic rings. The Balaban J connectivity index is 1.87. The molecule has 0 spiro atoms. The molecule has 0 unspecified atom stereocenters. The van der Waals surface area contributed by atoms with E-state index in [0.29, 0.717) is 6.04 Å². The van der Waals surface area contributed by atoms with Gasteiger partial charge in [-0.3, -0.25) is 4.57 Å². The molecule has 0 aliphatic heterocycles. The van der Waals surface area contributed by atoms with E-state index >= 15 is 0 Å². The molecule has 1 N–H and O–H groups in total. The zero-order chi connectivity index (χ0) is 13.4. The molecule has 1 aromatic carbocycles. The molecule has 0 bridgehead atoms. The monoisotopic (exact) mass is 338 g/mol. The minimum absolute atomic E-state index is 0.530. The van der Waals surface area contributed by atoms with E-state index in [9.17, 15) is 0 Å². The van der Waals surface area contributed by atoms with Crippen molar-refractivity contribution in [2.45, 2.75) is 25.4 Å². The van der Waals surface area contributed by atoms with E-state index in [1.807, 2.05) is 19.2 Å². The molecule has 3 rings (SSSR count). The third-order valence-electron chi connectivity index (χ3n) is 3.30. The summed E-state index contributed by atoms with van der Waals surface area (Å²) in [5.74, 6) is 0.920. The second-order valence-corrected chi connectivity index (χ2v) is 6.12. The molecule has 100 valence electrons. The van der Waals surface area contributed by atoms with E-state index in [0.717, 1.165) is 21.7 Å². The summed E-state index contributed by atoms with van der Waals surface area (Å²) in [6.45, 7) is 0.799. The zero-order valence-electron chi connectivity index (χ0n) is 10.6. The van der Waals surface area contributed by atoms with Gasteiger partial charge in [-0.15, -0.1) is 5.10 Å². The summed E-state index contributed by atoms with van der Waals surface area (Å²) in [5, 5.41) is 7.26.